The van der Waals surface area contributed by atoms with Crippen LogP contribution in [0.15, 0.2) is 18.2 Å². The van der Waals surface area contributed by atoms with Crippen LogP contribution in [0.2, 0.25) is 0 Å². The largest absolute Gasteiger partial charge is 0.394 e. The fourth-order valence-corrected chi connectivity index (χ4v) is 2.50. The molecule has 19 heavy (non-hydrogen) atoms. The Hall–Kier alpha value is -1.59. The first kappa shape index (κ1) is 13.8. The fraction of sp³-hybridized carbons (Fsp3) is 0.500. The summed E-state index contributed by atoms with van der Waals surface area (Å²) < 4.78 is 5.63. The average Bonchev–Trinajstić information content (AvgIpc) is 2.37. The summed E-state index contributed by atoms with van der Waals surface area (Å²) in [5.74, 6) is 0.0904. The van der Waals surface area contributed by atoms with Crippen LogP contribution in [0.1, 0.15) is 18.1 Å². The van der Waals surface area contributed by atoms with Crippen molar-refractivity contribution in [2.45, 2.75) is 26.1 Å². The maximum atomic E-state index is 9.25. The Labute approximate surface area is 113 Å². The molecule has 4 N–H and O–H groups in total. The van der Waals surface area contributed by atoms with E-state index in [1.165, 1.54) is 0 Å². The van der Waals surface area contributed by atoms with E-state index >= 15 is 0 Å². The van der Waals surface area contributed by atoms with Crippen LogP contribution in [0.4, 0.5) is 5.69 Å². The van der Waals surface area contributed by atoms with E-state index in [2.05, 4.69) is 4.90 Å². The second-order valence-corrected chi connectivity index (χ2v) is 5.07. The normalized spacial score (nSPS) is 23.4. The van der Waals surface area contributed by atoms with Crippen LogP contribution in [-0.4, -0.2) is 42.8 Å². The van der Waals surface area contributed by atoms with Gasteiger partial charge < -0.3 is 20.5 Å². The van der Waals surface area contributed by atoms with Gasteiger partial charge in [0.05, 0.1) is 18.8 Å². The number of aryl methyl sites for hydroxylation is 1. The zero-order chi connectivity index (χ0) is 14.0. The van der Waals surface area contributed by atoms with Gasteiger partial charge in [-0.1, -0.05) is 0 Å². The van der Waals surface area contributed by atoms with Crippen LogP contribution < -0.4 is 10.6 Å². The van der Waals surface area contributed by atoms with Crippen molar-refractivity contribution in [3.63, 3.8) is 0 Å². The van der Waals surface area contributed by atoms with Crippen LogP contribution in [0.5, 0.6) is 0 Å². The molecule has 1 saturated heterocycles. The van der Waals surface area contributed by atoms with E-state index in [0.717, 1.165) is 23.4 Å². The van der Waals surface area contributed by atoms with Gasteiger partial charge in [-0.25, -0.2) is 0 Å². The van der Waals surface area contributed by atoms with Crippen molar-refractivity contribution in [1.82, 2.24) is 0 Å². The molecule has 1 heterocycles. The summed E-state index contributed by atoms with van der Waals surface area (Å²) >= 11 is 0. The number of benzene rings is 1. The molecule has 2 atom stereocenters. The van der Waals surface area contributed by atoms with Crippen molar-refractivity contribution in [1.29, 1.82) is 5.41 Å². The van der Waals surface area contributed by atoms with E-state index in [1.54, 1.807) is 0 Å². The summed E-state index contributed by atoms with van der Waals surface area (Å²) in [4.78, 5) is 2.20. The summed E-state index contributed by atoms with van der Waals surface area (Å²) in [7, 11) is 0. The first-order chi connectivity index (χ1) is 9.01. The monoisotopic (exact) mass is 263 g/mol. The molecule has 5 nitrogen and oxygen atoms in total. The zero-order valence-electron chi connectivity index (χ0n) is 11.4. The molecule has 0 aliphatic carbocycles. The van der Waals surface area contributed by atoms with Gasteiger partial charge in [-0.3, -0.25) is 5.41 Å². The Balaban J connectivity index is 2.21. The number of morpholine rings is 1. The van der Waals surface area contributed by atoms with Gasteiger partial charge in [0.25, 0.3) is 0 Å². The predicted octanol–water partition coefficient (Wildman–Crippen LogP) is 0.865. The topological polar surface area (TPSA) is 82.6 Å². The van der Waals surface area contributed by atoms with E-state index in [1.807, 2.05) is 32.0 Å². The second kappa shape index (κ2) is 5.59. The SMILES string of the molecule is Cc1cc(N2CC(C)OC(CO)C2)ccc1C(=N)N. The Kier molecular flexibility index (Phi) is 4.07. The third kappa shape index (κ3) is 3.05. The Morgan fingerprint density at radius 3 is 2.84 bits per heavy atom. The quantitative estimate of drug-likeness (QED) is 0.558. The molecule has 0 spiro atoms. The van der Waals surface area contributed by atoms with E-state index in [4.69, 9.17) is 15.9 Å². The number of ether oxygens (including phenoxy) is 1. The van der Waals surface area contributed by atoms with Gasteiger partial charge in [-0.15, -0.1) is 0 Å². The van der Waals surface area contributed by atoms with Crippen molar-refractivity contribution >= 4 is 11.5 Å². The van der Waals surface area contributed by atoms with Crippen molar-refractivity contribution < 1.29 is 9.84 Å². The summed E-state index contributed by atoms with van der Waals surface area (Å²) in [6, 6.07) is 5.88. The summed E-state index contributed by atoms with van der Waals surface area (Å²) in [6.07, 6.45) is -0.0461. The van der Waals surface area contributed by atoms with Crippen LogP contribution in [0, 0.1) is 12.3 Å². The molecular formula is C14H21N3O2. The van der Waals surface area contributed by atoms with Gasteiger partial charge >= 0.3 is 0 Å². The third-order valence-corrected chi connectivity index (χ3v) is 3.40. The summed E-state index contributed by atoms with van der Waals surface area (Å²) in [5, 5.41) is 16.7. The number of nitrogens with two attached hydrogens (primary N) is 1. The number of nitrogens with zero attached hydrogens (tertiary/aromatic N) is 1. The van der Waals surface area contributed by atoms with Crippen molar-refractivity contribution in [2.24, 2.45) is 5.73 Å². The van der Waals surface area contributed by atoms with Crippen molar-refractivity contribution in [3.8, 4) is 0 Å². The molecule has 1 aromatic carbocycles. The molecule has 1 aromatic rings. The number of nitrogen functional groups attached to an aromatic ring is 1. The number of aliphatic hydroxyl groups excluding tert-OH is 1. The lowest BCUT2D eigenvalue weighted by Crippen LogP contribution is -2.48. The van der Waals surface area contributed by atoms with Gasteiger partial charge in [-0.05, 0) is 37.6 Å². The van der Waals surface area contributed by atoms with E-state index in [0.29, 0.717) is 6.54 Å². The van der Waals surface area contributed by atoms with Crippen LogP contribution in [0.25, 0.3) is 0 Å². The molecule has 0 saturated carbocycles. The summed E-state index contributed by atoms with van der Waals surface area (Å²) in [5.41, 5.74) is 8.36. The highest BCUT2D eigenvalue weighted by molar-refractivity contribution is 5.96. The first-order valence-corrected chi connectivity index (χ1v) is 6.47. The fourth-order valence-electron chi connectivity index (χ4n) is 2.50. The lowest BCUT2D eigenvalue weighted by atomic mass is 10.1. The predicted molar refractivity (Wildman–Crippen MR) is 75.8 cm³/mol. The van der Waals surface area contributed by atoms with Gasteiger partial charge in [0.2, 0.25) is 0 Å². The summed E-state index contributed by atoms with van der Waals surface area (Å²) in [6.45, 7) is 5.47. The van der Waals surface area contributed by atoms with E-state index < -0.39 is 0 Å². The van der Waals surface area contributed by atoms with Crippen LogP contribution >= 0.6 is 0 Å². The Morgan fingerprint density at radius 2 is 2.26 bits per heavy atom. The van der Waals surface area contributed by atoms with E-state index in [9.17, 15) is 5.11 Å². The minimum atomic E-state index is -0.142. The molecule has 1 fully saturated rings. The Morgan fingerprint density at radius 1 is 1.53 bits per heavy atom. The van der Waals surface area contributed by atoms with Gasteiger partial charge in [0, 0.05) is 24.3 Å². The highest BCUT2D eigenvalue weighted by Gasteiger charge is 2.25. The highest BCUT2D eigenvalue weighted by Crippen LogP contribution is 2.23. The molecule has 2 unspecified atom stereocenters. The minimum absolute atomic E-state index is 0.0331. The molecule has 0 bridgehead atoms. The smallest absolute Gasteiger partial charge is 0.123 e. The number of hydrogen-bond donors (Lipinski definition) is 3. The molecule has 0 radical (unpaired) electrons. The van der Waals surface area contributed by atoms with Gasteiger partial charge in [0.15, 0.2) is 0 Å². The van der Waals surface area contributed by atoms with Gasteiger partial charge in [0.1, 0.15) is 5.84 Å². The average molecular weight is 263 g/mol. The number of hydrogen-bond acceptors (Lipinski definition) is 4. The molecule has 2 rings (SSSR count). The zero-order valence-corrected chi connectivity index (χ0v) is 11.4. The van der Waals surface area contributed by atoms with Crippen LogP contribution in [0.3, 0.4) is 0 Å². The number of nitrogens with one attached hydrogen (secondary N) is 1. The molecule has 1 aliphatic rings. The highest BCUT2D eigenvalue weighted by atomic mass is 16.5. The minimum Gasteiger partial charge on any atom is -0.394 e. The molecule has 104 valence electrons. The van der Waals surface area contributed by atoms with E-state index in [-0.39, 0.29) is 24.7 Å². The number of anilines is 1. The molecule has 1 aliphatic heterocycles. The number of rotatable bonds is 3. The maximum Gasteiger partial charge on any atom is 0.123 e. The number of aliphatic hydroxyl groups is 1. The Bertz CT molecular complexity index is 476. The maximum absolute atomic E-state index is 9.25. The number of amidine groups is 1. The lowest BCUT2D eigenvalue weighted by molar-refractivity contribution is -0.0421. The van der Waals surface area contributed by atoms with Gasteiger partial charge in [-0.2, -0.15) is 0 Å². The molecular weight excluding hydrogens is 242 g/mol. The van der Waals surface area contributed by atoms with Crippen molar-refractivity contribution in [2.75, 3.05) is 24.6 Å². The lowest BCUT2D eigenvalue weighted by Gasteiger charge is -2.37. The van der Waals surface area contributed by atoms with Crippen LogP contribution in [-0.2, 0) is 4.74 Å². The second-order valence-electron chi connectivity index (χ2n) is 5.07. The van der Waals surface area contributed by atoms with Crippen molar-refractivity contribution in [3.05, 3.63) is 29.3 Å². The molecule has 0 aromatic heterocycles. The third-order valence-electron chi connectivity index (χ3n) is 3.40. The molecule has 0 amide bonds. The standard InChI is InChI=1S/C14H21N3O2/c1-9-5-11(3-4-13(9)14(15)16)17-6-10(2)19-12(7-17)8-18/h3-5,10,12,18H,6-8H2,1-2H3,(H3,15,16). The first-order valence-electron chi connectivity index (χ1n) is 6.47. The molecule has 5 heteroatoms.